The van der Waals surface area contributed by atoms with Crippen molar-refractivity contribution in [3.8, 4) is 5.75 Å². The van der Waals surface area contributed by atoms with E-state index < -0.39 is 39.8 Å². The molecule has 3 aromatic rings. The summed E-state index contributed by atoms with van der Waals surface area (Å²) in [5, 5.41) is 2.55. The van der Waals surface area contributed by atoms with E-state index in [1.54, 1.807) is 24.3 Å². The lowest BCUT2D eigenvalue weighted by atomic mass is 10.2. The van der Waals surface area contributed by atoms with Gasteiger partial charge in [0.1, 0.15) is 30.5 Å². The molecular weight excluding hydrogens is 426 g/mol. The Balaban J connectivity index is 1.64. The Bertz CT molecular complexity index is 1150. The molecule has 0 saturated heterocycles. The number of carbonyl (C=O) groups excluding carboxylic acids is 1. The maximum absolute atomic E-state index is 14.1. The quantitative estimate of drug-likeness (QED) is 0.569. The van der Waals surface area contributed by atoms with Crippen LogP contribution in [0.4, 0.5) is 20.2 Å². The molecule has 0 spiro atoms. The highest BCUT2D eigenvalue weighted by Crippen LogP contribution is 2.23. The Morgan fingerprint density at radius 2 is 1.68 bits per heavy atom. The van der Waals surface area contributed by atoms with Gasteiger partial charge in [0.2, 0.25) is 15.9 Å². The monoisotopic (exact) mass is 446 g/mol. The van der Waals surface area contributed by atoms with Crippen molar-refractivity contribution in [2.75, 3.05) is 22.4 Å². The number of hydrogen-bond donors (Lipinski definition) is 1. The van der Waals surface area contributed by atoms with Crippen LogP contribution in [0.25, 0.3) is 0 Å². The third-order valence-electron chi connectivity index (χ3n) is 4.25. The van der Waals surface area contributed by atoms with Crippen molar-refractivity contribution >= 4 is 27.3 Å². The van der Waals surface area contributed by atoms with Gasteiger partial charge >= 0.3 is 0 Å². The lowest BCUT2D eigenvalue weighted by Crippen LogP contribution is -2.38. The first kappa shape index (κ1) is 22.2. The van der Waals surface area contributed by atoms with E-state index in [4.69, 9.17) is 4.74 Å². The minimum Gasteiger partial charge on any atom is -0.489 e. The smallest absolute Gasteiger partial charge is 0.245 e. The first-order chi connectivity index (χ1) is 14.7. The van der Waals surface area contributed by atoms with E-state index in [1.807, 2.05) is 30.3 Å². The molecule has 3 rings (SSSR count). The van der Waals surface area contributed by atoms with Crippen LogP contribution in [-0.4, -0.2) is 27.1 Å². The van der Waals surface area contributed by atoms with Gasteiger partial charge in [-0.25, -0.2) is 17.2 Å². The highest BCUT2D eigenvalue weighted by Gasteiger charge is 2.24. The van der Waals surface area contributed by atoms with E-state index in [2.05, 4.69) is 5.32 Å². The standard InChI is InChI=1S/C22H20F2N2O4S/c1-31(28,29)26(21-12-7-17(23)13-20(21)24)14-22(27)25-18-8-10-19(11-9-18)30-15-16-5-3-2-4-6-16/h2-13H,14-15H2,1H3,(H,25,27). The molecule has 31 heavy (non-hydrogen) atoms. The zero-order valence-electron chi connectivity index (χ0n) is 16.6. The molecule has 0 unspecified atom stereocenters. The van der Waals surface area contributed by atoms with Gasteiger partial charge in [-0.2, -0.15) is 0 Å². The van der Waals surface area contributed by atoms with Gasteiger partial charge in [0.25, 0.3) is 0 Å². The summed E-state index contributed by atoms with van der Waals surface area (Å²) >= 11 is 0. The number of ether oxygens (including phenoxy) is 1. The summed E-state index contributed by atoms with van der Waals surface area (Å²) in [6.07, 6.45) is 0.835. The average molecular weight is 446 g/mol. The number of sulfonamides is 1. The second-order valence-corrected chi connectivity index (χ2v) is 8.62. The zero-order chi connectivity index (χ0) is 22.4. The number of nitrogens with one attached hydrogen (secondary N) is 1. The van der Waals surface area contributed by atoms with Gasteiger partial charge in [-0.1, -0.05) is 30.3 Å². The summed E-state index contributed by atoms with van der Waals surface area (Å²) in [4.78, 5) is 12.4. The van der Waals surface area contributed by atoms with Gasteiger partial charge in [0.05, 0.1) is 11.9 Å². The Morgan fingerprint density at radius 3 is 2.29 bits per heavy atom. The van der Waals surface area contributed by atoms with Gasteiger partial charge in [0.15, 0.2) is 0 Å². The number of nitrogens with zero attached hydrogens (tertiary/aromatic N) is 1. The normalized spacial score (nSPS) is 11.1. The summed E-state index contributed by atoms with van der Waals surface area (Å²) in [7, 11) is -3.99. The van der Waals surface area contributed by atoms with Crippen LogP contribution in [0.1, 0.15) is 5.56 Å². The number of amides is 1. The Labute approximate surface area is 179 Å². The topological polar surface area (TPSA) is 75.7 Å². The van der Waals surface area contributed by atoms with Gasteiger partial charge in [-0.05, 0) is 42.0 Å². The summed E-state index contributed by atoms with van der Waals surface area (Å²) in [5.41, 5.74) is 1.00. The van der Waals surface area contributed by atoms with Crippen molar-refractivity contribution in [1.29, 1.82) is 0 Å². The van der Waals surface area contributed by atoms with Crippen molar-refractivity contribution in [3.05, 3.63) is 90.0 Å². The van der Waals surface area contributed by atoms with Gasteiger partial charge in [-0.3, -0.25) is 9.10 Å². The molecule has 0 aromatic heterocycles. The number of anilines is 2. The van der Waals surface area contributed by atoms with E-state index in [0.717, 1.165) is 24.0 Å². The third-order valence-corrected chi connectivity index (χ3v) is 5.38. The van der Waals surface area contributed by atoms with Gasteiger partial charge in [0, 0.05) is 11.8 Å². The molecule has 0 radical (unpaired) electrons. The van der Waals surface area contributed by atoms with E-state index in [-0.39, 0.29) is 0 Å². The summed E-state index contributed by atoms with van der Waals surface area (Å²) in [6, 6.07) is 18.6. The lowest BCUT2D eigenvalue weighted by molar-refractivity contribution is -0.114. The molecular formula is C22H20F2N2O4S. The van der Waals surface area contributed by atoms with E-state index in [9.17, 15) is 22.0 Å². The fraction of sp³-hybridized carbons (Fsp3) is 0.136. The van der Waals surface area contributed by atoms with Crippen LogP contribution in [-0.2, 0) is 21.4 Å². The van der Waals surface area contributed by atoms with Crippen LogP contribution in [0.15, 0.2) is 72.8 Å². The largest absolute Gasteiger partial charge is 0.489 e. The second-order valence-electron chi connectivity index (χ2n) is 6.71. The van der Waals surface area contributed by atoms with Crippen molar-refractivity contribution in [2.45, 2.75) is 6.61 Å². The van der Waals surface area contributed by atoms with E-state index >= 15 is 0 Å². The fourth-order valence-corrected chi connectivity index (χ4v) is 3.63. The molecule has 0 heterocycles. The molecule has 0 saturated carbocycles. The molecule has 0 aliphatic carbocycles. The molecule has 0 aliphatic heterocycles. The van der Waals surface area contributed by atoms with Crippen molar-refractivity contribution in [2.24, 2.45) is 0 Å². The number of benzene rings is 3. The van der Waals surface area contributed by atoms with E-state index in [1.165, 1.54) is 0 Å². The molecule has 162 valence electrons. The van der Waals surface area contributed by atoms with Crippen LogP contribution in [0.3, 0.4) is 0 Å². The fourth-order valence-electron chi connectivity index (χ4n) is 2.77. The van der Waals surface area contributed by atoms with E-state index in [0.29, 0.717) is 28.4 Å². The average Bonchev–Trinajstić information content (AvgIpc) is 2.72. The maximum Gasteiger partial charge on any atom is 0.245 e. The molecule has 3 aromatic carbocycles. The number of hydrogen-bond acceptors (Lipinski definition) is 4. The number of carbonyl (C=O) groups is 1. The summed E-state index contributed by atoms with van der Waals surface area (Å²) in [5.74, 6) is -2.04. The maximum atomic E-state index is 14.1. The van der Waals surface area contributed by atoms with Crippen LogP contribution >= 0.6 is 0 Å². The predicted octanol–water partition coefficient (Wildman–Crippen LogP) is 3.95. The number of rotatable bonds is 8. The predicted molar refractivity (Wildman–Crippen MR) is 114 cm³/mol. The van der Waals surface area contributed by atoms with Crippen LogP contribution in [0.2, 0.25) is 0 Å². The summed E-state index contributed by atoms with van der Waals surface area (Å²) in [6.45, 7) is -0.285. The highest BCUT2D eigenvalue weighted by molar-refractivity contribution is 7.92. The van der Waals surface area contributed by atoms with Crippen molar-refractivity contribution in [3.63, 3.8) is 0 Å². The highest BCUT2D eigenvalue weighted by atomic mass is 32.2. The second kappa shape index (κ2) is 9.57. The minimum absolute atomic E-state index is 0.388. The Kier molecular flexibility index (Phi) is 6.86. The Hall–Kier alpha value is -3.46. The van der Waals surface area contributed by atoms with Crippen LogP contribution in [0, 0.1) is 11.6 Å². The minimum atomic E-state index is -3.99. The van der Waals surface area contributed by atoms with Crippen LogP contribution < -0.4 is 14.4 Å². The lowest BCUT2D eigenvalue weighted by Gasteiger charge is -2.22. The SMILES string of the molecule is CS(=O)(=O)N(CC(=O)Nc1ccc(OCc2ccccc2)cc1)c1ccc(F)cc1F. The first-order valence-electron chi connectivity index (χ1n) is 9.22. The zero-order valence-corrected chi connectivity index (χ0v) is 17.4. The van der Waals surface area contributed by atoms with Crippen molar-refractivity contribution in [1.82, 2.24) is 0 Å². The summed E-state index contributed by atoms with van der Waals surface area (Å²) < 4.78 is 57.6. The number of halogens is 2. The van der Waals surface area contributed by atoms with Gasteiger partial charge in [-0.15, -0.1) is 0 Å². The molecule has 0 atom stereocenters. The third kappa shape index (κ3) is 6.26. The Morgan fingerprint density at radius 1 is 1.00 bits per heavy atom. The molecule has 0 aliphatic rings. The molecule has 9 heteroatoms. The molecule has 1 N–H and O–H groups in total. The van der Waals surface area contributed by atoms with Crippen molar-refractivity contribution < 1.29 is 26.7 Å². The van der Waals surface area contributed by atoms with Crippen LogP contribution in [0.5, 0.6) is 5.75 Å². The molecule has 1 amide bonds. The first-order valence-corrected chi connectivity index (χ1v) is 11.1. The van der Waals surface area contributed by atoms with Gasteiger partial charge < -0.3 is 10.1 Å². The molecule has 6 nitrogen and oxygen atoms in total. The molecule has 0 fully saturated rings. The molecule has 0 bridgehead atoms.